The normalized spacial score (nSPS) is 20.2. The predicted octanol–water partition coefficient (Wildman–Crippen LogP) is 2.99. The number of nitrogens with zero attached hydrogens (tertiary/aromatic N) is 1. The smallest absolute Gasteiger partial charge is 0.151 e. The number of aromatic nitrogens is 2. The summed E-state index contributed by atoms with van der Waals surface area (Å²) >= 11 is 0. The van der Waals surface area contributed by atoms with E-state index in [0.717, 1.165) is 24.1 Å². The van der Waals surface area contributed by atoms with Gasteiger partial charge in [0.2, 0.25) is 0 Å². The number of nitrogens with one attached hydrogen (secondary N) is 2. The van der Waals surface area contributed by atoms with Crippen LogP contribution in [0.1, 0.15) is 45.4 Å². The van der Waals surface area contributed by atoms with Crippen LogP contribution < -0.4 is 5.32 Å². The van der Waals surface area contributed by atoms with E-state index in [-0.39, 0.29) is 0 Å². The maximum atomic E-state index is 4.40. The molecule has 3 nitrogen and oxygen atoms in total. The Morgan fingerprint density at radius 1 is 1.31 bits per heavy atom. The highest BCUT2D eigenvalue weighted by Crippen LogP contribution is 2.32. The van der Waals surface area contributed by atoms with E-state index in [0.29, 0.717) is 6.04 Å². The van der Waals surface area contributed by atoms with E-state index in [2.05, 4.69) is 43.2 Å². The molecule has 16 heavy (non-hydrogen) atoms. The molecule has 1 heterocycles. The van der Waals surface area contributed by atoms with Crippen molar-refractivity contribution >= 4 is 5.82 Å². The van der Waals surface area contributed by atoms with E-state index in [9.17, 15) is 0 Å². The van der Waals surface area contributed by atoms with Crippen LogP contribution in [0.2, 0.25) is 0 Å². The number of aromatic amines is 1. The Kier molecular flexibility index (Phi) is 3.22. The Labute approximate surface area is 98.0 Å². The topological polar surface area (TPSA) is 40.7 Å². The largest absolute Gasteiger partial charge is 0.366 e. The first-order valence-corrected chi connectivity index (χ1v) is 6.40. The fraction of sp³-hybridized carbons (Fsp3) is 0.769. The molecule has 0 aromatic carbocycles. The summed E-state index contributed by atoms with van der Waals surface area (Å²) in [6.07, 6.45) is 3.64. The standard InChI is InChI=1S/C13H23N3/c1-8(2)10-5-6-12-11(7-10)13(16-15-12)14-9(3)4/h8-10H,5-7H2,1-4H3,(H2,14,15,16). The monoisotopic (exact) mass is 221 g/mol. The van der Waals surface area contributed by atoms with Crippen molar-refractivity contribution in [2.45, 2.75) is 53.0 Å². The molecule has 0 fully saturated rings. The molecule has 0 aliphatic heterocycles. The van der Waals surface area contributed by atoms with Gasteiger partial charge in [0.05, 0.1) is 0 Å². The van der Waals surface area contributed by atoms with Gasteiger partial charge in [-0.2, -0.15) is 5.10 Å². The third-order valence-electron chi connectivity index (χ3n) is 3.55. The first kappa shape index (κ1) is 11.5. The lowest BCUT2D eigenvalue weighted by Crippen LogP contribution is -2.20. The molecule has 0 bridgehead atoms. The van der Waals surface area contributed by atoms with Gasteiger partial charge in [0.25, 0.3) is 0 Å². The Hall–Kier alpha value is -0.990. The van der Waals surface area contributed by atoms with Gasteiger partial charge in [0, 0.05) is 17.3 Å². The molecule has 1 unspecified atom stereocenters. The van der Waals surface area contributed by atoms with Crippen molar-refractivity contribution in [1.29, 1.82) is 0 Å². The summed E-state index contributed by atoms with van der Waals surface area (Å²) in [6, 6.07) is 0.451. The molecule has 1 aromatic rings. The molecular weight excluding hydrogens is 198 g/mol. The van der Waals surface area contributed by atoms with E-state index >= 15 is 0 Å². The molecule has 1 aromatic heterocycles. The maximum absolute atomic E-state index is 4.40. The maximum Gasteiger partial charge on any atom is 0.151 e. The quantitative estimate of drug-likeness (QED) is 0.823. The fourth-order valence-electron chi connectivity index (χ4n) is 2.48. The first-order valence-electron chi connectivity index (χ1n) is 6.40. The molecule has 3 heteroatoms. The van der Waals surface area contributed by atoms with Crippen LogP contribution >= 0.6 is 0 Å². The third kappa shape index (κ3) is 2.23. The lowest BCUT2D eigenvalue weighted by molar-refractivity contribution is 0.342. The minimum atomic E-state index is 0.451. The third-order valence-corrected chi connectivity index (χ3v) is 3.55. The molecule has 1 atom stereocenters. The summed E-state index contributed by atoms with van der Waals surface area (Å²) in [5.74, 6) is 2.67. The minimum Gasteiger partial charge on any atom is -0.366 e. The van der Waals surface area contributed by atoms with Crippen molar-refractivity contribution in [3.63, 3.8) is 0 Å². The van der Waals surface area contributed by atoms with Crippen LogP contribution in [0.25, 0.3) is 0 Å². The molecule has 90 valence electrons. The average Bonchev–Trinajstić information content (AvgIpc) is 2.60. The van der Waals surface area contributed by atoms with Crippen molar-refractivity contribution in [2.75, 3.05) is 5.32 Å². The van der Waals surface area contributed by atoms with Crippen LogP contribution in [-0.4, -0.2) is 16.2 Å². The van der Waals surface area contributed by atoms with Crippen molar-refractivity contribution in [3.05, 3.63) is 11.3 Å². The van der Waals surface area contributed by atoms with Crippen LogP contribution in [0.3, 0.4) is 0 Å². The molecule has 2 rings (SSSR count). The molecule has 1 aliphatic rings. The highest BCUT2D eigenvalue weighted by molar-refractivity contribution is 5.48. The average molecular weight is 221 g/mol. The lowest BCUT2D eigenvalue weighted by atomic mass is 9.80. The van der Waals surface area contributed by atoms with E-state index in [4.69, 9.17) is 0 Å². The van der Waals surface area contributed by atoms with Gasteiger partial charge < -0.3 is 5.32 Å². The van der Waals surface area contributed by atoms with Gasteiger partial charge in [0.1, 0.15) is 0 Å². The summed E-state index contributed by atoms with van der Waals surface area (Å²) in [4.78, 5) is 0. The molecule has 2 N–H and O–H groups in total. The predicted molar refractivity (Wildman–Crippen MR) is 67.7 cm³/mol. The molecule has 0 amide bonds. The molecule has 0 saturated carbocycles. The van der Waals surface area contributed by atoms with Gasteiger partial charge in [-0.25, -0.2) is 0 Å². The number of H-pyrrole nitrogens is 1. The molecule has 0 radical (unpaired) electrons. The van der Waals surface area contributed by atoms with Crippen molar-refractivity contribution in [3.8, 4) is 0 Å². The minimum absolute atomic E-state index is 0.451. The second kappa shape index (κ2) is 4.48. The van der Waals surface area contributed by atoms with Crippen LogP contribution in [0, 0.1) is 11.8 Å². The second-order valence-corrected chi connectivity index (χ2v) is 5.58. The number of hydrogen-bond acceptors (Lipinski definition) is 2. The molecular formula is C13H23N3. The van der Waals surface area contributed by atoms with Gasteiger partial charge in [-0.05, 0) is 44.9 Å². The first-order chi connectivity index (χ1) is 7.58. The number of fused-ring (bicyclic) bond motifs is 1. The van der Waals surface area contributed by atoms with Crippen LogP contribution in [0.4, 0.5) is 5.82 Å². The van der Waals surface area contributed by atoms with E-state index in [1.165, 1.54) is 24.1 Å². The molecule has 1 aliphatic carbocycles. The summed E-state index contributed by atoms with van der Waals surface area (Å²) in [6.45, 7) is 8.96. The Morgan fingerprint density at radius 3 is 2.69 bits per heavy atom. The summed E-state index contributed by atoms with van der Waals surface area (Å²) in [7, 11) is 0. The fourth-order valence-corrected chi connectivity index (χ4v) is 2.48. The van der Waals surface area contributed by atoms with Gasteiger partial charge in [-0.3, -0.25) is 5.10 Å². The summed E-state index contributed by atoms with van der Waals surface area (Å²) < 4.78 is 0. The SMILES string of the molecule is CC(C)Nc1n[nH]c2c1CC(C(C)C)CC2. The zero-order valence-corrected chi connectivity index (χ0v) is 10.8. The summed E-state index contributed by atoms with van der Waals surface area (Å²) in [5.41, 5.74) is 2.78. The zero-order chi connectivity index (χ0) is 11.7. The van der Waals surface area contributed by atoms with Crippen LogP contribution in [-0.2, 0) is 12.8 Å². The molecule has 0 spiro atoms. The molecule has 0 saturated heterocycles. The van der Waals surface area contributed by atoms with E-state index in [1.54, 1.807) is 0 Å². The number of anilines is 1. The van der Waals surface area contributed by atoms with Gasteiger partial charge in [-0.1, -0.05) is 13.8 Å². The van der Waals surface area contributed by atoms with E-state index < -0.39 is 0 Å². The summed E-state index contributed by atoms with van der Waals surface area (Å²) in [5, 5.41) is 11.0. The highest BCUT2D eigenvalue weighted by atomic mass is 15.2. The van der Waals surface area contributed by atoms with Crippen LogP contribution in [0.15, 0.2) is 0 Å². The Balaban J connectivity index is 2.17. The van der Waals surface area contributed by atoms with Gasteiger partial charge in [-0.15, -0.1) is 0 Å². The Bertz CT molecular complexity index is 352. The van der Waals surface area contributed by atoms with E-state index in [1.807, 2.05) is 0 Å². The van der Waals surface area contributed by atoms with Crippen molar-refractivity contribution in [1.82, 2.24) is 10.2 Å². The zero-order valence-electron chi connectivity index (χ0n) is 10.8. The Morgan fingerprint density at radius 2 is 2.06 bits per heavy atom. The second-order valence-electron chi connectivity index (χ2n) is 5.58. The van der Waals surface area contributed by atoms with Crippen molar-refractivity contribution < 1.29 is 0 Å². The highest BCUT2D eigenvalue weighted by Gasteiger charge is 2.25. The number of aryl methyl sites for hydroxylation is 1. The lowest BCUT2D eigenvalue weighted by Gasteiger charge is -2.25. The number of rotatable bonds is 3. The van der Waals surface area contributed by atoms with Gasteiger partial charge >= 0.3 is 0 Å². The van der Waals surface area contributed by atoms with Crippen molar-refractivity contribution in [2.24, 2.45) is 11.8 Å². The van der Waals surface area contributed by atoms with Gasteiger partial charge in [0.15, 0.2) is 5.82 Å². The van der Waals surface area contributed by atoms with Crippen LogP contribution in [0.5, 0.6) is 0 Å². The number of hydrogen-bond donors (Lipinski definition) is 2.